The predicted octanol–water partition coefficient (Wildman–Crippen LogP) is 2.47. The molecule has 106 valence electrons. The van der Waals surface area contributed by atoms with Crippen LogP contribution in [0.4, 0.5) is 11.4 Å². The Kier molecular flexibility index (Phi) is 2.85. The summed E-state index contributed by atoms with van der Waals surface area (Å²) in [5.41, 5.74) is 2.68. The van der Waals surface area contributed by atoms with Crippen LogP contribution in [-0.2, 0) is 4.79 Å². The van der Waals surface area contributed by atoms with E-state index in [9.17, 15) is 9.59 Å². The summed E-state index contributed by atoms with van der Waals surface area (Å²) in [6.07, 6.45) is 2.42. The summed E-state index contributed by atoms with van der Waals surface area (Å²) in [5.74, 6) is -0.829. The highest BCUT2D eigenvalue weighted by molar-refractivity contribution is 6.52. The summed E-state index contributed by atoms with van der Waals surface area (Å²) in [7, 11) is 1.66. The van der Waals surface area contributed by atoms with E-state index in [2.05, 4.69) is 18.7 Å². The van der Waals surface area contributed by atoms with Gasteiger partial charge in [-0.25, -0.2) is 0 Å². The summed E-state index contributed by atoms with van der Waals surface area (Å²) >= 11 is 0. The van der Waals surface area contributed by atoms with E-state index in [-0.39, 0.29) is 0 Å². The lowest BCUT2D eigenvalue weighted by atomic mass is 9.84. The molecule has 2 aliphatic rings. The Bertz CT molecular complexity index is 592. The smallest absolute Gasteiger partial charge is 0.299 e. The number of carbonyl (C=O) groups excluding carboxylic acids is 2. The number of carbonyl (C=O) groups is 2. The first-order valence-corrected chi connectivity index (χ1v) is 7.10. The van der Waals surface area contributed by atoms with Crippen LogP contribution in [0.2, 0.25) is 0 Å². The summed E-state index contributed by atoms with van der Waals surface area (Å²) in [4.78, 5) is 27.3. The highest BCUT2D eigenvalue weighted by Crippen LogP contribution is 2.35. The van der Waals surface area contributed by atoms with Crippen molar-refractivity contribution in [3.63, 3.8) is 0 Å². The van der Waals surface area contributed by atoms with Crippen LogP contribution in [0.1, 0.15) is 37.0 Å². The maximum atomic E-state index is 11.8. The third kappa shape index (κ3) is 1.99. The predicted molar refractivity (Wildman–Crippen MR) is 79.4 cm³/mol. The molecular weight excluding hydrogens is 252 g/mol. The highest BCUT2D eigenvalue weighted by atomic mass is 16.2. The third-order valence-electron chi connectivity index (χ3n) is 4.35. The second-order valence-electron chi connectivity index (χ2n) is 6.58. The quantitative estimate of drug-likeness (QED) is 0.737. The number of hydrogen-bond donors (Lipinski definition) is 0. The molecule has 0 radical (unpaired) electrons. The standard InChI is InChI=1S/C16H20N2O2/c1-16(2)7-4-8-18(10-16)11-5-6-12-13(9-11)17(3)15(20)14(12)19/h5-6,9H,4,7-8,10H2,1-3H3. The number of benzene rings is 1. The first-order valence-electron chi connectivity index (χ1n) is 7.10. The van der Waals surface area contributed by atoms with Gasteiger partial charge in [-0.15, -0.1) is 0 Å². The lowest BCUT2D eigenvalue weighted by Gasteiger charge is -2.39. The fourth-order valence-corrected chi connectivity index (χ4v) is 3.21. The van der Waals surface area contributed by atoms with Crippen molar-refractivity contribution in [1.29, 1.82) is 0 Å². The van der Waals surface area contributed by atoms with Crippen LogP contribution >= 0.6 is 0 Å². The normalized spacial score (nSPS) is 21.4. The summed E-state index contributed by atoms with van der Waals surface area (Å²) < 4.78 is 0. The fraction of sp³-hybridized carbons (Fsp3) is 0.500. The van der Waals surface area contributed by atoms with Crippen LogP contribution in [0.25, 0.3) is 0 Å². The van der Waals surface area contributed by atoms with Gasteiger partial charge in [0.15, 0.2) is 0 Å². The average molecular weight is 272 g/mol. The van der Waals surface area contributed by atoms with E-state index >= 15 is 0 Å². The fourth-order valence-electron chi connectivity index (χ4n) is 3.21. The minimum absolute atomic E-state index is 0.314. The zero-order valence-electron chi connectivity index (χ0n) is 12.3. The molecule has 2 aliphatic heterocycles. The largest absolute Gasteiger partial charge is 0.371 e. The Morgan fingerprint density at radius 3 is 2.65 bits per heavy atom. The Balaban J connectivity index is 1.94. The minimum Gasteiger partial charge on any atom is -0.371 e. The van der Waals surface area contributed by atoms with E-state index in [0.717, 1.165) is 24.5 Å². The van der Waals surface area contributed by atoms with Gasteiger partial charge in [0, 0.05) is 25.8 Å². The molecule has 20 heavy (non-hydrogen) atoms. The maximum Gasteiger partial charge on any atom is 0.299 e. The van der Waals surface area contributed by atoms with Crippen LogP contribution in [-0.4, -0.2) is 31.8 Å². The number of nitrogens with zero attached hydrogens (tertiary/aromatic N) is 2. The molecule has 0 unspecified atom stereocenters. The number of Topliss-reactive ketones (excluding diaryl/α,β-unsaturated/α-hetero) is 1. The van der Waals surface area contributed by atoms with Gasteiger partial charge in [-0.05, 0) is 36.5 Å². The Morgan fingerprint density at radius 2 is 1.95 bits per heavy atom. The molecule has 4 nitrogen and oxygen atoms in total. The molecule has 4 heteroatoms. The first kappa shape index (κ1) is 13.2. The summed E-state index contributed by atoms with van der Waals surface area (Å²) in [6.45, 7) is 6.61. The van der Waals surface area contributed by atoms with Crippen molar-refractivity contribution in [1.82, 2.24) is 0 Å². The number of ketones is 1. The number of anilines is 2. The lowest BCUT2D eigenvalue weighted by molar-refractivity contribution is -0.114. The Morgan fingerprint density at radius 1 is 1.20 bits per heavy atom. The van der Waals surface area contributed by atoms with E-state index < -0.39 is 11.7 Å². The van der Waals surface area contributed by atoms with Gasteiger partial charge >= 0.3 is 0 Å². The number of amides is 1. The molecule has 0 atom stereocenters. The monoisotopic (exact) mass is 272 g/mol. The zero-order valence-corrected chi connectivity index (χ0v) is 12.3. The van der Waals surface area contributed by atoms with Crippen molar-refractivity contribution >= 4 is 23.1 Å². The van der Waals surface area contributed by atoms with Crippen LogP contribution in [0.5, 0.6) is 0 Å². The van der Waals surface area contributed by atoms with E-state index in [0.29, 0.717) is 11.0 Å². The molecule has 0 saturated carbocycles. The van der Waals surface area contributed by atoms with E-state index in [1.807, 2.05) is 12.1 Å². The van der Waals surface area contributed by atoms with E-state index in [4.69, 9.17) is 0 Å². The molecule has 0 bridgehead atoms. The van der Waals surface area contributed by atoms with Crippen LogP contribution in [0.15, 0.2) is 18.2 Å². The second-order valence-corrected chi connectivity index (χ2v) is 6.58. The molecule has 3 rings (SSSR count). The van der Waals surface area contributed by atoms with Gasteiger partial charge in [0.1, 0.15) is 0 Å². The van der Waals surface area contributed by atoms with Crippen molar-refractivity contribution in [2.45, 2.75) is 26.7 Å². The first-order chi connectivity index (χ1) is 9.39. The van der Waals surface area contributed by atoms with Crippen molar-refractivity contribution in [3.8, 4) is 0 Å². The topological polar surface area (TPSA) is 40.6 Å². The number of likely N-dealkylation sites (N-methyl/N-ethyl adjacent to an activating group) is 1. The SMILES string of the molecule is CN1C(=O)C(=O)c2ccc(N3CCCC(C)(C)C3)cc21. The van der Waals surface area contributed by atoms with Gasteiger partial charge in [-0.2, -0.15) is 0 Å². The molecule has 1 aromatic carbocycles. The maximum absolute atomic E-state index is 11.8. The molecular formula is C16H20N2O2. The molecule has 1 amide bonds. The van der Waals surface area contributed by atoms with E-state index in [1.54, 1.807) is 13.1 Å². The Labute approximate surface area is 119 Å². The number of piperidine rings is 1. The molecule has 1 saturated heterocycles. The van der Waals surface area contributed by atoms with Crippen LogP contribution in [0.3, 0.4) is 0 Å². The second kappa shape index (κ2) is 4.33. The Hall–Kier alpha value is -1.84. The van der Waals surface area contributed by atoms with Gasteiger partial charge in [0.25, 0.3) is 11.7 Å². The number of hydrogen-bond acceptors (Lipinski definition) is 3. The van der Waals surface area contributed by atoms with Gasteiger partial charge in [-0.3, -0.25) is 9.59 Å². The van der Waals surface area contributed by atoms with Crippen molar-refractivity contribution in [3.05, 3.63) is 23.8 Å². The molecule has 0 N–H and O–H groups in total. The molecule has 0 aromatic heterocycles. The van der Waals surface area contributed by atoms with Crippen molar-refractivity contribution in [2.75, 3.05) is 29.9 Å². The number of rotatable bonds is 1. The van der Waals surface area contributed by atoms with Gasteiger partial charge < -0.3 is 9.80 Å². The van der Waals surface area contributed by atoms with Crippen molar-refractivity contribution in [2.24, 2.45) is 5.41 Å². The summed E-state index contributed by atoms with van der Waals surface area (Å²) in [6, 6.07) is 5.72. The van der Waals surface area contributed by atoms with Crippen LogP contribution in [0, 0.1) is 5.41 Å². The van der Waals surface area contributed by atoms with E-state index in [1.165, 1.54) is 17.7 Å². The molecule has 2 heterocycles. The lowest BCUT2D eigenvalue weighted by Crippen LogP contribution is -2.40. The van der Waals surface area contributed by atoms with Gasteiger partial charge in [-0.1, -0.05) is 13.8 Å². The third-order valence-corrected chi connectivity index (χ3v) is 4.35. The highest BCUT2D eigenvalue weighted by Gasteiger charge is 2.34. The van der Waals surface area contributed by atoms with Gasteiger partial charge in [0.05, 0.1) is 11.3 Å². The average Bonchev–Trinajstić information content (AvgIpc) is 2.62. The van der Waals surface area contributed by atoms with Crippen LogP contribution < -0.4 is 9.80 Å². The summed E-state index contributed by atoms with van der Waals surface area (Å²) in [5, 5.41) is 0. The molecule has 0 spiro atoms. The van der Waals surface area contributed by atoms with Gasteiger partial charge in [0.2, 0.25) is 0 Å². The number of fused-ring (bicyclic) bond motifs is 1. The van der Waals surface area contributed by atoms with Crippen molar-refractivity contribution < 1.29 is 9.59 Å². The molecule has 1 aromatic rings. The minimum atomic E-state index is -0.434. The zero-order chi connectivity index (χ0) is 14.5. The molecule has 1 fully saturated rings. The molecule has 0 aliphatic carbocycles.